The zero-order valence-electron chi connectivity index (χ0n) is 13.7. The molecule has 1 unspecified atom stereocenters. The van der Waals surface area contributed by atoms with Crippen LogP contribution in [-0.4, -0.2) is 58.8 Å². The van der Waals surface area contributed by atoms with E-state index < -0.39 is 17.7 Å². The van der Waals surface area contributed by atoms with E-state index in [1.54, 1.807) is 11.1 Å². The Bertz CT molecular complexity index is 464. The zero-order valence-corrected chi connectivity index (χ0v) is 13.7. The molecule has 0 aromatic rings. The number of carbonyl (C=O) groups excluding carboxylic acids is 2. The van der Waals surface area contributed by atoms with E-state index in [9.17, 15) is 14.7 Å². The fraction of sp³-hybridized carbons (Fsp3) is 0.812. The van der Waals surface area contributed by atoms with Crippen molar-refractivity contribution in [1.82, 2.24) is 10.2 Å². The summed E-state index contributed by atoms with van der Waals surface area (Å²) in [6.07, 6.45) is 3.69. The smallest absolute Gasteiger partial charge is 0.248 e. The van der Waals surface area contributed by atoms with E-state index in [1.807, 2.05) is 13.8 Å². The van der Waals surface area contributed by atoms with Crippen molar-refractivity contribution in [3.05, 3.63) is 0 Å². The fourth-order valence-electron chi connectivity index (χ4n) is 3.21. The van der Waals surface area contributed by atoms with E-state index in [1.165, 1.54) is 0 Å². The van der Waals surface area contributed by atoms with Crippen LogP contribution >= 0.6 is 0 Å². The predicted molar refractivity (Wildman–Crippen MR) is 84.7 cm³/mol. The maximum absolute atomic E-state index is 12.9. The lowest BCUT2D eigenvalue weighted by atomic mass is 9.82. The highest BCUT2D eigenvalue weighted by Gasteiger charge is 2.53. The Balaban J connectivity index is 2.31. The van der Waals surface area contributed by atoms with Crippen molar-refractivity contribution >= 4 is 18.0 Å². The Morgan fingerprint density at radius 2 is 2.23 bits per heavy atom. The number of carbonyl (C=O) groups is 2. The lowest BCUT2D eigenvalue weighted by Gasteiger charge is -2.49. The van der Waals surface area contributed by atoms with Gasteiger partial charge in [-0.1, -0.05) is 27.2 Å². The predicted octanol–water partition coefficient (Wildman–Crippen LogP) is 0.734. The van der Waals surface area contributed by atoms with Gasteiger partial charge in [0.05, 0.1) is 6.10 Å². The van der Waals surface area contributed by atoms with Gasteiger partial charge in [0.1, 0.15) is 11.6 Å². The van der Waals surface area contributed by atoms with Gasteiger partial charge in [0, 0.05) is 25.7 Å². The minimum Gasteiger partial charge on any atom is -0.390 e. The molecule has 0 aromatic carbocycles. The molecule has 124 valence electrons. The number of amides is 2. The number of rotatable bonds is 5. The van der Waals surface area contributed by atoms with Crippen molar-refractivity contribution in [2.24, 2.45) is 10.9 Å². The van der Waals surface area contributed by atoms with Gasteiger partial charge in [-0.3, -0.25) is 14.6 Å². The lowest BCUT2D eigenvalue weighted by molar-refractivity contribution is -0.162. The molecule has 2 amide bonds. The lowest BCUT2D eigenvalue weighted by Crippen LogP contribution is -2.73. The Hall–Kier alpha value is -1.43. The third kappa shape index (κ3) is 2.89. The number of aliphatic imine (C=N–C) groups is 1. The van der Waals surface area contributed by atoms with Gasteiger partial charge in [-0.25, -0.2) is 0 Å². The Morgan fingerprint density at radius 3 is 2.77 bits per heavy atom. The van der Waals surface area contributed by atoms with Crippen LogP contribution in [0.3, 0.4) is 0 Å². The maximum Gasteiger partial charge on any atom is 0.248 e. The number of hydrogen-bond acceptors (Lipinski definition) is 4. The van der Waals surface area contributed by atoms with Crippen LogP contribution < -0.4 is 5.32 Å². The summed E-state index contributed by atoms with van der Waals surface area (Å²) in [7, 11) is 0. The SMILES string of the molecule is CCCCN1C(=O)[C@H]([C@@H](O)C(C)C)NC(=O)C12CC=NCC2. The van der Waals surface area contributed by atoms with Crippen molar-refractivity contribution in [3.63, 3.8) is 0 Å². The molecule has 1 fully saturated rings. The fourth-order valence-corrected chi connectivity index (χ4v) is 3.21. The van der Waals surface area contributed by atoms with Crippen LogP contribution in [0.2, 0.25) is 0 Å². The molecule has 2 aliphatic heterocycles. The average molecular weight is 309 g/mol. The number of unbranched alkanes of at least 4 members (excludes halogenated alkanes) is 1. The molecule has 0 aliphatic carbocycles. The van der Waals surface area contributed by atoms with E-state index in [2.05, 4.69) is 17.2 Å². The van der Waals surface area contributed by atoms with Gasteiger partial charge >= 0.3 is 0 Å². The minimum atomic E-state index is -0.866. The van der Waals surface area contributed by atoms with Crippen LogP contribution in [0.15, 0.2) is 4.99 Å². The van der Waals surface area contributed by atoms with Crippen LogP contribution in [0.1, 0.15) is 46.5 Å². The Labute approximate surface area is 132 Å². The standard InChI is InChI=1S/C16H27N3O3/c1-4-5-10-19-14(21)12(13(20)11(2)3)18-15(22)16(19)6-8-17-9-7-16/h8,11-13,20H,4-7,9-10H2,1-3H3,(H,18,22)/t12-,13-,16?/m0/s1. The topological polar surface area (TPSA) is 82.0 Å². The molecule has 0 saturated carbocycles. The third-order valence-electron chi connectivity index (χ3n) is 4.73. The molecule has 2 rings (SSSR count). The van der Waals surface area contributed by atoms with E-state index >= 15 is 0 Å². The summed E-state index contributed by atoms with van der Waals surface area (Å²) in [6.45, 7) is 6.86. The first kappa shape index (κ1) is 16.9. The van der Waals surface area contributed by atoms with Gasteiger partial charge < -0.3 is 15.3 Å². The third-order valence-corrected chi connectivity index (χ3v) is 4.73. The quantitative estimate of drug-likeness (QED) is 0.785. The second-order valence-electron chi connectivity index (χ2n) is 6.60. The summed E-state index contributed by atoms with van der Waals surface area (Å²) in [5.74, 6) is -0.409. The summed E-state index contributed by atoms with van der Waals surface area (Å²) < 4.78 is 0. The molecule has 22 heavy (non-hydrogen) atoms. The number of nitrogens with one attached hydrogen (secondary N) is 1. The normalized spacial score (nSPS) is 30.0. The van der Waals surface area contributed by atoms with Crippen molar-refractivity contribution in [2.45, 2.75) is 64.1 Å². The van der Waals surface area contributed by atoms with Crippen LogP contribution in [-0.2, 0) is 9.59 Å². The first-order valence-electron chi connectivity index (χ1n) is 8.23. The van der Waals surface area contributed by atoms with Crippen molar-refractivity contribution in [3.8, 4) is 0 Å². The zero-order chi connectivity index (χ0) is 16.3. The highest BCUT2D eigenvalue weighted by Crippen LogP contribution is 2.32. The minimum absolute atomic E-state index is 0.0933. The average Bonchev–Trinajstić information content (AvgIpc) is 2.51. The molecule has 1 saturated heterocycles. The molecule has 6 heteroatoms. The molecular weight excluding hydrogens is 282 g/mol. The highest BCUT2D eigenvalue weighted by molar-refractivity contribution is 6.01. The molecule has 3 atom stereocenters. The van der Waals surface area contributed by atoms with E-state index in [0.29, 0.717) is 25.9 Å². The molecule has 2 N–H and O–H groups in total. The van der Waals surface area contributed by atoms with Crippen LogP contribution in [0.5, 0.6) is 0 Å². The van der Waals surface area contributed by atoms with Gasteiger partial charge in [0.15, 0.2) is 0 Å². The number of aliphatic hydroxyl groups excluding tert-OH is 1. The molecule has 2 aliphatic rings. The van der Waals surface area contributed by atoms with Gasteiger partial charge in [-0.15, -0.1) is 0 Å². The summed E-state index contributed by atoms with van der Waals surface area (Å²) >= 11 is 0. The van der Waals surface area contributed by atoms with Gasteiger partial charge in [0.25, 0.3) is 0 Å². The molecule has 0 bridgehead atoms. The number of hydrogen-bond donors (Lipinski definition) is 2. The number of aliphatic hydroxyl groups is 1. The van der Waals surface area contributed by atoms with Gasteiger partial charge in [-0.2, -0.15) is 0 Å². The molecular formula is C16H27N3O3. The Kier molecular flexibility index (Phi) is 5.21. The summed E-state index contributed by atoms with van der Waals surface area (Å²) in [5.41, 5.74) is -0.818. The van der Waals surface area contributed by atoms with Crippen molar-refractivity contribution in [1.29, 1.82) is 0 Å². The van der Waals surface area contributed by atoms with Gasteiger partial charge in [0.2, 0.25) is 11.8 Å². The van der Waals surface area contributed by atoms with Crippen LogP contribution in [0.4, 0.5) is 0 Å². The second kappa shape index (κ2) is 6.77. The Morgan fingerprint density at radius 1 is 1.50 bits per heavy atom. The monoisotopic (exact) mass is 309 g/mol. The molecule has 6 nitrogen and oxygen atoms in total. The maximum atomic E-state index is 12.9. The summed E-state index contributed by atoms with van der Waals surface area (Å²) in [5, 5.41) is 13.1. The highest BCUT2D eigenvalue weighted by atomic mass is 16.3. The van der Waals surface area contributed by atoms with Crippen LogP contribution in [0, 0.1) is 5.92 Å². The summed E-state index contributed by atoms with van der Waals surface area (Å²) in [6, 6.07) is -0.839. The van der Waals surface area contributed by atoms with E-state index in [0.717, 1.165) is 12.8 Å². The van der Waals surface area contributed by atoms with Crippen molar-refractivity contribution in [2.75, 3.05) is 13.1 Å². The van der Waals surface area contributed by atoms with E-state index in [4.69, 9.17) is 0 Å². The first-order valence-corrected chi connectivity index (χ1v) is 8.23. The van der Waals surface area contributed by atoms with Crippen LogP contribution in [0.25, 0.3) is 0 Å². The molecule has 1 spiro atoms. The second-order valence-corrected chi connectivity index (χ2v) is 6.60. The first-order chi connectivity index (χ1) is 10.4. The number of piperazine rings is 1. The largest absolute Gasteiger partial charge is 0.390 e. The van der Waals surface area contributed by atoms with Crippen molar-refractivity contribution < 1.29 is 14.7 Å². The molecule has 2 heterocycles. The summed E-state index contributed by atoms with van der Waals surface area (Å²) in [4.78, 5) is 31.5. The van der Waals surface area contributed by atoms with Gasteiger partial charge in [-0.05, 0) is 18.8 Å². The molecule has 0 aromatic heterocycles. The van der Waals surface area contributed by atoms with E-state index in [-0.39, 0.29) is 17.7 Å². The molecule has 0 radical (unpaired) electrons. The number of nitrogens with zero attached hydrogens (tertiary/aromatic N) is 2.